The van der Waals surface area contributed by atoms with E-state index in [4.69, 9.17) is 0 Å². The molecule has 9 heteroatoms. The number of hydrogen-bond acceptors (Lipinski definition) is 7. The lowest BCUT2D eigenvalue weighted by atomic mass is 10.00. The third-order valence-electron chi connectivity index (χ3n) is 6.56. The fraction of sp³-hybridized carbons (Fsp3) is 0.536. The van der Waals surface area contributed by atoms with Gasteiger partial charge in [-0.1, -0.05) is 44.2 Å². The SMILES string of the molecule is CCNc1cc(C(=O)N[C@@H](Cc2ccccc2)[C@@H](O)CNCCC(C)C)cc(N2CCCCS2(O)O)c1. The van der Waals surface area contributed by atoms with E-state index in [-0.39, 0.29) is 5.91 Å². The highest BCUT2D eigenvalue weighted by molar-refractivity contribution is 8.25. The minimum Gasteiger partial charge on any atom is -0.390 e. The predicted octanol–water partition coefficient (Wildman–Crippen LogP) is 4.72. The lowest BCUT2D eigenvalue weighted by Crippen LogP contribution is -2.49. The van der Waals surface area contributed by atoms with Crippen LogP contribution in [0.2, 0.25) is 0 Å². The summed E-state index contributed by atoms with van der Waals surface area (Å²) in [6.07, 6.45) is 2.35. The number of anilines is 2. The Balaban J connectivity index is 1.81. The molecule has 0 spiro atoms. The number of carbonyl (C=O) groups is 1. The molecule has 37 heavy (non-hydrogen) atoms. The third-order valence-corrected chi connectivity index (χ3v) is 8.50. The Hall–Kier alpha value is -2.30. The van der Waals surface area contributed by atoms with Crippen molar-refractivity contribution in [3.05, 3.63) is 59.7 Å². The number of benzene rings is 2. The molecule has 1 amide bonds. The Morgan fingerprint density at radius 1 is 1.11 bits per heavy atom. The molecule has 3 rings (SSSR count). The Morgan fingerprint density at radius 3 is 2.54 bits per heavy atom. The van der Waals surface area contributed by atoms with Gasteiger partial charge in [0.25, 0.3) is 5.91 Å². The molecule has 2 aromatic carbocycles. The van der Waals surface area contributed by atoms with Crippen LogP contribution in [-0.4, -0.2) is 64.2 Å². The Bertz CT molecular complexity index is 989. The maximum atomic E-state index is 13.5. The van der Waals surface area contributed by atoms with E-state index in [1.54, 1.807) is 16.4 Å². The first-order valence-corrected chi connectivity index (χ1v) is 15.0. The molecule has 2 atom stereocenters. The Kier molecular flexibility index (Phi) is 11.1. The number of nitrogens with one attached hydrogen (secondary N) is 3. The molecule has 0 aliphatic carbocycles. The fourth-order valence-corrected chi connectivity index (χ4v) is 6.16. The van der Waals surface area contributed by atoms with Crippen molar-refractivity contribution in [3.63, 3.8) is 0 Å². The van der Waals surface area contributed by atoms with E-state index in [0.717, 1.165) is 37.1 Å². The number of aliphatic hydroxyl groups excluding tert-OH is 1. The van der Waals surface area contributed by atoms with E-state index in [9.17, 15) is 19.0 Å². The predicted molar refractivity (Wildman–Crippen MR) is 155 cm³/mol. The summed E-state index contributed by atoms with van der Waals surface area (Å²) in [6.45, 7) is 8.66. The highest BCUT2D eigenvalue weighted by atomic mass is 32.3. The monoisotopic (exact) mass is 532 g/mol. The van der Waals surface area contributed by atoms with Crippen molar-refractivity contribution < 1.29 is 19.0 Å². The zero-order valence-corrected chi connectivity index (χ0v) is 23.1. The van der Waals surface area contributed by atoms with Crippen LogP contribution in [0.5, 0.6) is 0 Å². The molecule has 1 heterocycles. The maximum Gasteiger partial charge on any atom is 0.251 e. The van der Waals surface area contributed by atoms with Gasteiger partial charge < -0.3 is 21.1 Å². The van der Waals surface area contributed by atoms with Gasteiger partial charge in [0, 0.05) is 30.9 Å². The molecule has 1 fully saturated rings. The van der Waals surface area contributed by atoms with Gasteiger partial charge in [-0.3, -0.25) is 18.2 Å². The van der Waals surface area contributed by atoms with Crippen molar-refractivity contribution in [2.45, 2.75) is 58.6 Å². The zero-order chi connectivity index (χ0) is 26.8. The summed E-state index contributed by atoms with van der Waals surface area (Å²) in [5.74, 6) is 0.590. The van der Waals surface area contributed by atoms with Crippen LogP contribution in [0.3, 0.4) is 0 Å². The van der Waals surface area contributed by atoms with Crippen molar-refractivity contribution in [1.29, 1.82) is 0 Å². The van der Waals surface area contributed by atoms with Gasteiger partial charge in [0.2, 0.25) is 0 Å². The fourth-order valence-electron chi connectivity index (χ4n) is 4.48. The largest absolute Gasteiger partial charge is 0.390 e. The highest BCUT2D eigenvalue weighted by Gasteiger charge is 2.28. The molecule has 0 aromatic heterocycles. The number of amides is 1. The third kappa shape index (κ3) is 8.90. The summed E-state index contributed by atoms with van der Waals surface area (Å²) in [6, 6.07) is 14.7. The number of hydrogen-bond donors (Lipinski definition) is 6. The number of rotatable bonds is 13. The van der Waals surface area contributed by atoms with Crippen molar-refractivity contribution in [2.75, 3.05) is 41.6 Å². The Labute approximate surface area is 223 Å². The van der Waals surface area contributed by atoms with Crippen LogP contribution < -0.4 is 20.3 Å². The summed E-state index contributed by atoms with van der Waals surface area (Å²) in [4.78, 5) is 13.5. The smallest absolute Gasteiger partial charge is 0.251 e. The van der Waals surface area contributed by atoms with Crippen LogP contribution in [-0.2, 0) is 6.42 Å². The molecular formula is C28H44N4O4S. The van der Waals surface area contributed by atoms with Gasteiger partial charge in [-0.15, -0.1) is 10.8 Å². The summed E-state index contributed by atoms with van der Waals surface area (Å²) in [7, 11) is -2.92. The molecule has 0 unspecified atom stereocenters. The topological polar surface area (TPSA) is 117 Å². The molecular weight excluding hydrogens is 488 g/mol. The van der Waals surface area contributed by atoms with Crippen molar-refractivity contribution in [2.24, 2.45) is 5.92 Å². The van der Waals surface area contributed by atoms with E-state index in [1.165, 1.54) is 0 Å². The van der Waals surface area contributed by atoms with Gasteiger partial charge in [-0.05, 0) is 68.8 Å². The maximum absolute atomic E-state index is 13.5. The molecule has 1 aliphatic rings. The minimum atomic E-state index is -2.92. The summed E-state index contributed by atoms with van der Waals surface area (Å²) in [5.41, 5.74) is 2.78. The molecule has 206 valence electrons. The van der Waals surface area contributed by atoms with Crippen LogP contribution in [0.15, 0.2) is 48.5 Å². The molecule has 1 aliphatic heterocycles. The van der Waals surface area contributed by atoms with Gasteiger partial charge in [-0.2, -0.15) is 0 Å². The second-order valence-electron chi connectivity index (χ2n) is 10.2. The molecule has 2 aromatic rings. The van der Waals surface area contributed by atoms with Crippen molar-refractivity contribution in [3.8, 4) is 0 Å². The van der Waals surface area contributed by atoms with Gasteiger partial charge in [-0.25, -0.2) is 0 Å². The van der Waals surface area contributed by atoms with E-state index in [1.807, 2.05) is 43.3 Å². The molecule has 1 saturated heterocycles. The van der Waals surface area contributed by atoms with Crippen LogP contribution >= 0.6 is 10.8 Å². The van der Waals surface area contributed by atoms with Crippen LogP contribution in [0.4, 0.5) is 11.4 Å². The lowest BCUT2D eigenvalue weighted by Gasteiger charge is -2.47. The van der Waals surface area contributed by atoms with Crippen LogP contribution in [0.1, 0.15) is 56.0 Å². The van der Waals surface area contributed by atoms with Gasteiger partial charge in [0.1, 0.15) is 0 Å². The lowest BCUT2D eigenvalue weighted by molar-refractivity contribution is 0.0830. The average molecular weight is 533 g/mol. The van der Waals surface area contributed by atoms with Gasteiger partial charge in [0.15, 0.2) is 0 Å². The van der Waals surface area contributed by atoms with Gasteiger partial charge >= 0.3 is 0 Å². The van der Waals surface area contributed by atoms with Crippen molar-refractivity contribution in [1.82, 2.24) is 10.6 Å². The first-order valence-electron chi connectivity index (χ1n) is 13.4. The summed E-state index contributed by atoms with van der Waals surface area (Å²) in [5, 5.41) is 20.7. The summed E-state index contributed by atoms with van der Waals surface area (Å²) < 4.78 is 23.0. The Morgan fingerprint density at radius 2 is 1.86 bits per heavy atom. The summed E-state index contributed by atoms with van der Waals surface area (Å²) >= 11 is 0. The second-order valence-corrected chi connectivity index (χ2v) is 12.3. The molecule has 0 radical (unpaired) electrons. The molecule has 0 bridgehead atoms. The first-order chi connectivity index (χ1) is 17.7. The molecule has 8 nitrogen and oxygen atoms in total. The van der Waals surface area contributed by atoms with Crippen molar-refractivity contribution >= 4 is 28.1 Å². The van der Waals surface area contributed by atoms with E-state index >= 15 is 0 Å². The average Bonchev–Trinajstić information content (AvgIpc) is 2.86. The van der Waals surface area contributed by atoms with Crippen LogP contribution in [0.25, 0.3) is 0 Å². The number of nitrogens with zero attached hydrogens (tertiary/aromatic N) is 1. The molecule has 0 saturated carbocycles. The zero-order valence-electron chi connectivity index (χ0n) is 22.3. The van der Waals surface area contributed by atoms with Crippen LogP contribution in [0, 0.1) is 5.92 Å². The highest BCUT2D eigenvalue weighted by Crippen LogP contribution is 2.50. The van der Waals surface area contributed by atoms with E-state index in [0.29, 0.717) is 49.0 Å². The second kappa shape index (κ2) is 14.0. The molecule has 6 N–H and O–H groups in total. The van der Waals surface area contributed by atoms with E-state index in [2.05, 4.69) is 29.8 Å². The number of aliphatic hydroxyl groups is 1. The quantitative estimate of drug-likeness (QED) is 0.207. The minimum absolute atomic E-state index is 0.309. The number of carbonyl (C=O) groups excluding carboxylic acids is 1. The van der Waals surface area contributed by atoms with E-state index < -0.39 is 22.9 Å². The van der Waals surface area contributed by atoms with Gasteiger partial charge in [0.05, 0.1) is 23.6 Å². The standard InChI is InChI=1S/C28H44N4O4S/c1-4-30-24-17-23(18-25(19-24)32-14-8-9-15-37(32,35)36)28(34)31-26(16-22-10-6-5-7-11-22)27(33)20-29-13-12-21(2)3/h5-7,10-11,17-19,21,26-27,29-30,33,35-36H,4,8-9,12-16,20H2,1-3H3,(H,31,34)/t26-,27-/m0/s1. The first kappa shape index (κ1) is 29.3. The normalized spacial score (nSPS) is 17.8.